The number of benzene rings is 2. The summed E-state index contributed by atoms with van der Waals surface area (Å²) in [7, 11) is 0. The maximum atomic E-state index is 15.0. The number of aromatic nitrogens is 2. The average Bonchev–Trinajstić information content (AvgIpc) is 3.36. The first kappa shape index (κ1) is 26.3. The quantitative estimate of drug-likeness (QED) is 0.360. The van der Waals surface area contributed by atoms with Crippen molar-refractivity contribution in [2.75, 3.05) is 23.7 Å². The molecule has 1 aliphatic rings. The zero-order valence-corrected chi connectivity index (χ0v) is 21.5. The van der Waals surface area contributed by atoms with Crippen LogP contribution in [-0.2, 0) is 16.1 Å². The number of likely N-dealkylation sites (tertiary alicyclic amines) is 1. The van der Waals surface area contributed by atoms with Crippen LogP contribution in [0, 0.1) is 17.7 Å². The largest absolute Gasteiger partial charge is 0.326 e. The van der Waals surface area contributed by atoms with Crippen LogP contribution in [0.25, 0.3) is 5.69 Å². The van der Waals surface area contributed by atoms with Gasteiger partial charge in [-0.05, 0) is 54.1 Å². The lowest BCUT2D eigenvalue weighted by Crippen LogP contribution is -2.35. The Morgan fingerprint density at radius 2 is 1.69 bits per heavy atom. The van der Waals surface area contributed by atoms with Crippen molar-refractivity contribution in [2.24, 2.45) is 11.8 Å². The molecule has 0 radical (unpaired) electrons. The van der Waals surface area contributed by atoms with Gasteiger partial charge in [0.1, 0.15) is 5.82 Å². The van der Waals surface area contributed by atoms with Crippen LogP contribution >= 0.6 is 11.6 Å². The normalized spacial score (nSPS) is 17.1. The predicted molar refractivity (Wildman–Crippen MR) is 147 cm³/mol. The summed E-state index contributed by atoms with van der Waals surface area (Å²) in [4.78, 5) is 45.0. The summed E-state index contributed by atoms with van der Waals surface area (Å²) in [6, 6.07) is 19.3. The summed E-state index contributed by atoms with van der Waals surface area (Å²) in [5.74, 6) is -2.88. The molecule has 2 atom stereocenters. The van der Waals surface area contributed by atoms with Gasteiger partial charge in [0.25, 0.3) is 5.56 Å². The molecule has 0 saturated carbocycles. The first-order valence-corrected chi connectivity index (χ1v) is 12.7. The minimum Gasteiger partial charge on any atom is -0.326 e. The van der Waals surface area contributed by atoms with E-state index in [1.165, 1.54) is 29.0 Å². The van der Waals surface area contributed by atoms with E-state index in [1.807, 2.05) is 17.0 Å². The number of pyridine rings is 2. The molecule has 5 rings (SSSR count). The monoisotopic (exact) mass is 545 g/mol. The van der Waals surface area contributed by atoms with Gasteiger partial charge < -0.3 is 10.6 Å². The molecule has 4 aromatic rings. The fourth-order valence-electron chi connectivity index (χ4n) is 4.69. The van der Waals surface area contributed by atoms with Crippen LogP contribution in [0.3, 0.4) is 0 Å². The zero-order valence-electron chi connectivity index (χ0n) is 20.8. The van der Waals surface area contributed by atoms with Crippen LogP contribution < -0.4 is 16.2 Å². The fraction of sp³-hybridized carbons (Fsp3) is 0.172. The summed E-state index contributed by atoms with van der Waals surface area (Å²) in [5, 5.41) is 6.05. The maximum Gasteiger partial charge on any atom is 0.255 e. The molecule has 2 aromatic carbocycles. The number of hydrogen-bond acceptors (Lipinski definition) is 5. The fourth-order valence-corrected chi connectivity index (χ4v) is 4.81. The highest BCUT2D eigenvalue weighted by atomic mass is 35.5. The summed E-state index contributed by atoms with van der Waals surface area (Å²) in [6.07, 6.45) is 4.96. The van der Waals surface area contributed by atoms with Gasteiger partial charge in [-0.3, -0.25) is 28.8 Å². The van der Waals surface area contributed by atoms with Gasteiger partial charge in [0.15, 0.2) is 0 Å². The number of hydrogen-bond donors (Lipinski definition) is 2. The summed E-state index contributed by atoms with van der Waals surface area (Å²) in [6.45, 7) is 1.15. The lowest BCUT2D eigenvalue weighted by Gasteiger charge is -2.18. The Bertz CT molecular complexity index is 1540. The van der Waals surface area contributed by atoms with Gasteiger partial charge in [0.2, 0.25) is 11.8 Å². The highest BCUT2D eigenvalue weighted by Gasteiger charge is 2.42. The lowest BCUT2D eigenvalue weighted by molar-refractivity contribution is -0.127. The molecule has 10 heteroatoms. The summed E-state index contributed by atoms with van der Waals surface area (Å²) >= 11 is 5.95. The van der Waals surface area contributed by atoms with Gasteiger partial charge in [0, 0.05) is 61.1 Å². The SMILES string of the molecule is O=C(Nc1ccc(Cl)cc1)[C@H]1CN(Cc2cccnc2)C[C@@H]1C(=O)Nc1ccc(-n2ccccc2=O)cc1F. The molecule has 0 aliphatic carbocycles. The number of carbonyl (C=O) groups excluding carboxylic acids is 2. The van der Waals surface area contributed by atoms with Crippen molar-refractivity contribution in [1.29, 1.82) is 0 Å². The highest BCUT2D eigenvalue weighted by Crippen LogP contribution is 2.29. The Labute approximate surface area is 229 Å². The number of rotatable bonds is 7. The van der Waals surface area contributed by atoms with Crippen LogP contribution in [-0.4, -0.2) is 39.4 Å². The Hall–Kier alpha value is -4.34. The number of anilines is 2. The Balaban J connectivity index is 1.35. The molecule has 3 heterocycles. The molecule has 2 N–H and O–H groups in total. The van der Waals surface area contributed by atoms with Crippen LogP contribution in [0.1, 0.15) is 5.56 Å². The second kappa shape index (κ2) is 11.6. The summed E-state index contributed by atoms with van der Waals surface area (Å²) in [5.41, 5.74) is 1.51. The smallest absolute Gasteiger partial charge is 0.255 e. The van der Waals surface area contributed by atoms with E-state index in [1.54, 1.807) is 54.9 Å². The number of amides is 2. The van der Waals surface area contributed by atoms with Gasteiger partial charge in [0.05, 0.1) is 23.2 Å². The van der Waals surface area contributed by atoms with Gasteiger partial charge in [-0.1, -0.05) is 23.7 Å². The third-order valence-electron chi connectivity index (χ3n) is 6.62. The van der Waals surface area contributed by atoms with Crippen molar-refractivity contribution in [2.45, 2.75) is 6.54 Å². The highest BCUT2D eigenvalue weighted by molar-refractivity contribution is 6.30. The van der Waals surface area contributed by atoms with Gasteiger partial charge in [-0.15, -0.1) is 0 Å². The number of nitrogens with zero attached hydrogens (tertiary/aromatic N) is 3. The lowest BCUT2D eigenvalue weighted by atomic mass is 9.94. The third-order valence-corrected chi connectivity index (χ3v) is 6.87. The standard InChI is InChI=1S/C29H25ClFN5O3/c30-20-6-8-21(9-7-20)33-28(38)23-17-35(16-19-4-3-12-32-15-19)18-24(23)29(39)34-26-11-10-22(14-25(26)31)36-13-2-1-5-27(36)37/h1-15,23-24H,16-18H2,(H,33,38)(H,34,39)/t23-,24-/m0/s1. The second-order valence-electron chi connectivity index (χ2n) is 9.33. The Morgan fingerprint density at radius 1 is 0.949 bits per heavy atom. The minimum absolute atomic E-state index is 0.0321. The van der Waals surface area contributed by atoms with E-state index in [4.69, 9.17) is 11.6 Å². The molecule has 0 unspecified atom stereocenters. The molecular formula is C29H25ClFN5O3. The Kier molecular flexibility index (Phi) is 7.81. The summed E-state index contributed by atoms with van der Waals surface area (Å²) < 4.78 is 16.3. The first-order chi connectivity index (χ1) is 18.9. The topological polar surface area (TPSA) is 96.3 Å². The molecule has 8 nitrogen and oxygen atoms in total. The van der Waals surface area contributed by atoms with Gasteiger partial charge in [-0.25, -0.2) is 4.39 Å². The molecule has 198 valence electrons. The molecule has 1 saturated heterocycles. The van der Waals surface area contributed by atoms with Crippen LogP contribution in [0.4, 0.5) is 15.8 Å². The number of nitrogens with one attached hydrogen (secondary N) is 2. The number of carbonyl (C=O) groups is 2. The van der Waals surface area contributed by atoms with E-state index < -0.39 is 23.6 Å². The predicted octanol–water partition coefficient (Wildman–Crippen LogP) is 4.35. The van der Waals surface area contributed by atoms with E-state index in [0.717, 1.165) is 5.56 Å². The van der Waals surface area contributed by atoms with Crippen LogP contribution in [0.2, 0.25) is 5.02 Å². The zero-order chi connectivity index (χ0) is 27.4. The maximum absolute atomic E-state index is 15.0. The molecule has 2 aromatic heterocycles. The van der Waals surface area contributed by atoms with Crippen LogP contribution in [0.15, 0.2) is 96.2 Å². The molecule has 0 spiro atoms. The molecule has 0 bridgehead atoms. The first-order valence-electron chi connectivity index (χ1n) is 12.3. The average molecular weight is 546 g/mol. The minimum atomic E-state index is -0.732. The van der Waals surface area contributed by atoms with Gasteiger partial charge >= 0.3 is 0 Å². The van der Waals surface area contributed by atoms with Crippen molar-refractivity contribution in [3.05, 3.63) is 118 Å². The molecule has 1 fully saturated rings. The van der Waals surface area contributed by atoms with E-state index in [0.29, 0.717) is 36.0 Å². The third kappa shape index (κ3) is 6.22. The van der Waals surface area contributed by atoms with Crippen molar-refractivity contribution < 1.29 is 14.0 Å². The van der Waals surface area contributed by atoms with Crippen LogP contribution in [0.5, 0.6) is 0 Å². The molecule has 1 aliphatic heterocycles. The Morgan fingerprint density at radius 3 is 2.36 bits per heavy atom. The molecule has 39 heavy (non-hydrogen) atoms. The van der Waals surface area contributed by atoms with Crippen molar-refractivity contribution in [1.82, 2.24) is 14.5 Å². The van der Waals surface area contributed by atoms with Gasteiger partial charge in [-0.2, -0.15) is 0 Å². The van der Waals surface area contributed by atoms with E-state index in [-0.39, 0.29) is 17.2 Å². The van der Waals surface area contributed by atoms with E-state index in [2.05, 4.69) is 15.6 Å². The molecule has 2 amide bonds. The molecular weight excluding hydrogens is 521 g/mol. The van der Waals surface area contributed by atoms with E-state index in [9.17, 15) is 14.4 Å². The van der Waals surface area contributed by atoms with Crippen molar-refractivity contribution in [3.63, 3.8) is 0 Å². The van der Waals surface area contributed by atoms with Crippen molar-refractivity contribution >= 4 is 34.8 Å². The van der Waals surface area contributed by atoms with E-state index >= 15 is 4.39 Å². The number of halogens is 2. The van der Waals surface area contributed by atoms with Crippen molar-refractivity contribution in [3.8, 4) is 5.69 Å². The second-order valence-corrected chi connectivity index (χ2v) is 9.76.